The van der Waals surface area contributed by atoms with Gasteiger partial charge in [0.25, 0.3) is 0 Å². The number of amides is 1. The van der Waals surface area contributed by atoms with Gasteiger partial charge in [0.15, 0.2) is 5.82 Å². The van der Waals surface area contributed by atoms with Gasteiger partial charge < -0.3 is 14.8 Å². The number of hydrogen-bond donors (Lipinski definition) is 1. The smallest absolute Gasteiger partial charge is 0.229 e. The van der Waals surface area contributed by atoms with Crippen molar-refractivity contribution in [1.82, 2.24) is 19.7 Å². The molecule has 26 heavy (non-hydrogen) atoms. The summed E-state index contributed by atoms with van der Waals surface area (Å²) < 4.78 is 2.14. The zero-order chi connectivity index (χ0) is 17.9. The fourth-order valence-electron chi connectivity index (χ4n) is 3.14. The van der Waals surface area contributed by atoms with Gasteiger partial charge in [0.2, 0.25) is 5.91 Å². The Bertz CT molecular complexity index is 904. The summed E-state index contributed by atoms with van der Waals surface area (Å²) in [6.45, 7) is 4.43. The van der Waals surface area contributed by atoms with Crippen LogP contribution >= 0.6 is 0 Å². The van der Waals surface area contributed by atoms with E-state index in [4.69, 9.17) is 0 Å². The first kappa shape index (κ1) is 16.3. The summed E-state index contributed by atoms with van der Waals surface area (Å²) in [6, 6.07) is 13.5. The van der Waals surface area contributed by atoms with Crippen LogP contribution in [0.5, 0.6) is 0 Å². The molecule has 7 heteroatoms. The second kappa shape index (κ2) is 6.95. The molecule has 2 aromatic heterocycles. The van der Waals surface area contributed by atoms with E-state index in [2.05, 4.69) is 30.0 Å². The Morgan fingerprint density at radius 1 is 1.12 bits per heavy atom. The summed E-state index contributed by atoms with van der Waals surface area (Å²) in [4.78, 5) is 18.7. The third kappa shape index (κ3) is 3.42. The lowest BCUT2D eigenvalue weighted by Crippen LogP contribution is -2.34. The van der Waals surface area contributed by atoms with Crippen LogP contribution in [0.25, 0.3) is 0 Å². The number of nitrogens with zero attached hydrogens (tertiary/aromatic N) is 5. The van der Waals surface area contributed by atoms with Gasteiger partial charge in [-0.3, -0.25) is 4.79 Å². The Balaban J connectivity index is 1.39. The van der Waals surface area contributed by atoms with Crippen molar-refractivity contribution >= 4 is 17.4 Å². The van der Waals surface area contributed by atoms with Crippen LogP contribution in [-0.2, 0) is 24.3 Å². The molecule has 3 heterocycles. The van der Waals surface area contributed by atoms with Crippen molar-refractivity contribution in [3.63, 3.8) is 0 Å². The maximum absolute atomic E-state index is 12.1. The van der Waals surface area contributed by atoms with Crippen LogP contribution in [0.15, 0.2) is 48.7 Å². The summed E-state index contributed by atoms with van der Waals surface area (Å²) in [6.07, 6.45) is 2.13. The van der Waals surface area contributed by atoms with Crippen molar-refractivity contribution in [2.24, 2.45) is 0 Å². The number of carbonyl (C=O) groups is 1. The number of anilines is 2. The lowest BCUT2D eigenvalue weighted by atomic mass is 10.1. The van der Waals surface area contributed by atoms with Crippen molar-refractivity contribution in [1.29, 1.82) is 0 Å². The summed E-state index contributed by atoms with van der Waals surface area (Å²) in [5.74, 6) is 2.41. The molecule has 0 radical (unpaired) electrons. The predicted molar refractivity (Wildman–Crippen MR) is 98.8 cm³/mol. The summed E-state index contributed by atoms with van der Waals surface area (Å²) in [5.41, 5.74) is 1.99. The minimum absolute atomic E-state index is 0.0713. The number of aryl methyl sites for hydroxylation is 1. The average molecular weight is 348 g/mol. The molecule has 0 spiro atoms. The van der Waals surface area contributed by atoms with Gasteiger partial charge in [-0.05, 0) is 24.6 Å². The van der Waals surface area contributed by atoms with Gasteiger partial charge in [0, 0.05) is 13.1 Å². The molecule has 1 amide bonds. The topological polar surface area (TPSA) is 75.9 Å². The summed E-state index contributed by atoms with van der Waals surface area (Å²) >= 11 is 0. The maximum atomic E-state index is 12.1. The number of hydrogen-bond acceptors (Lipinski definition) is 5. The zero-order valence-corrected chi connectivity index (χ0v) is 14.6. The number of pyridine rings is 1. The maximum Gasteiger partial charge on any atom is 0.229 e. The molecule has 0 bridgehead atoms. The normalized spacial score (nSPS) is 13.3. The summed E-state index contributed by atoms with van der Waals surface area (Å²) in [5, 5.41) is 11.2. The molecule has 4 rings (SSSR count). The van der Waals surface area contributed by atoms with E-state index in [0.717, 1.165) is 36.0 Å². The first-order valence-electron chi connectivity index (χ1n) is 8.62. The second-order valence-corrected chi connectivity index (χ2v) is 6.35. The van der Waals surface area contributed by atoms with Gasteiger partial charge in [0.1, 0.15) is 11.6 Å². The zero-order valence-electron chi connectivity index (χ0n) is 14.6. The van der Waals surface area contributed by atoms with E-state index < -0.39 is 0 Å². The van der Waals surface area contributed by atoms with E-state index in [-0.39, 0.29) is 5.91 Å². The van der Waals surface area contributed by atoms with Gasteiger partial charge in [0.05, 0.1) is 24.8 Å². The number of carbonyl (C=O) groups excluding carboxylic acids is 1. The molecular weight excluding hydrogens is 328 g/mol. The van der Waals surface area contributed by atoms with Crippen LogP contribution < -0.4 is 10.2 Å². The Morgan fingerprint density at radius 2 is 1.96 bits per heavy atom. The lowest BCUT2D eigenvalue weighted by Gasteiger charge is -2.29. The Labute approximate surface area is 151 Å². The third-order valence-electron chi connectivity index (χ3n) is 4.53. The molecule has 1 N–H and O–H groups in total. The number of rotatable bonds is 4. The minimum atomic E-state index is -0.0713. The van der Waals surface area contributed by atoms with Crippen molar-refractivity contribution in [2.75, 3.05) is 16.8 Å². The van der Waals surface area contributed by atoms with Crippen LogP contribution in [-0.4, -0.2) is 32.2 Å². The fourth-order valence-corrected chi connectivity index (χ4v) is 3.14. The standard InChI is InChI=1S/C19H20N6O/c1-14-22-23-18-13-24(9-10-25(14)18)16-7-8-17(20-12-16)21-19(26)11-15-5-3-2-4-6-15/h2-8,12H,9-11,13H2,1H3,(H,20,21,26). The van der Waals surface area contributed by atoms with E-state index in [1.807, 2.05) is 49.4 Å². The van der Waals surface area contributed by atoms with Gasteiger partial charge in [-0.2, -0.15) is 0 Å². The molecule has 3 aromatic rings. The minimum Gasteiger partial charge on any atom is -0.361 e. The molecule has 0 unspecified atom stereocenters. The summed E-state index contributed by atoms with van der Waals surface area (Å²) in [7, 11) is 0. The Morgan fingerprint density at radius 3 is 2.73 bits per heavy atom. The van der Waals surface area contributed by atoms with E-state index in [1.165, 1.54) is 0 Å². The predicted octanol–water partition coefficient (Wildman–Crippen LogP) is 2.18. The van der Waals surface area contributed by atoms with Gasteiger partial charge in [-0.25, -0.2) is 4.98 Å². The molecule has 0 saturated carbocycles. The van der Waals surface area contributed by atoms with Gasteiger partial charge >= 0.3 is 0 Å². The quantitative estimate of drug-likeness (QED) is 0.782. The van der Waals surface area contributed by atoms with Gasteiger partial charge in [-0.1, -0.05) is 30.3 Å². The molecule has 0 atom stereocenters. The number of fused-ring (bicyclic) bond motifs is 1. The molecule has 1 aliphatic heterocycles. The van der Waals surface area contributed by atoms with Crippen molar-refractivity contribution in [3.05, 3.63) is 65.9 Å². The van der Waals surface area contributed by atoms with E-state index in [0.29, 0.717) is 18.8 Å². The average Bonchev–Trinajstić information content (AvgIpc) is 3.03. The molecule has 1 aromatic carbocycles. The van der Waals surface area contributed by atoms with Crippen molar-refractivity contribution in [2.45, 2.75) is 26.4 Å². The lowest BCUT2D eigenvalue weighted by molar-refractivity contribution is -0.115. The molecular formula is C19H20N6O. The number of benzene rings is 1. The fraction of sp³-hybridized carbons (Fsp3) is 0.263. The van der Waals surface area contributed by atoms with Crippen LogP contribution in [0.4, 0.5) is 11.5 Å². The highest BCUT2D eigenvalue weighted by molar-refractivity contribution is 5.91. The van der Waals surface area contributed by atoms with Crippen LogP contribution in [0.1, 0.15) is 17.2 Å². The van der Waals surface area contributed by atoms with E-state index >= 15 is 0 Å². The molecule has 132 valence electrons. The van der Waals surface area contributed by atoms with Crippen LogP contribution in [0.3, 0.4) is 0 Å². The molecule has 7 nitrogen and oxygen atoms in total. The van der Waals surface area contributed by atoms with Crippen molar-refractivity contribution < 1.29 is 4.79 Å². The first-order chi connectivity index (χ1) is 12.7. The molecule has 0 fully saturated rings. The first-order valence-corrected chi connectivity index (χ1v) is 8.62. The highest BCUT2D eigenvalue weighted by atomic mass is 16.1. The molecule has 1 aliphatic rings. The Kier molecular flexibility index (Phi) is 4.35. The highest BCUT2D eigenvalue weighted by Crippen LogP contribution is 2.21. The van der Waals surface area contributed by atoms with Crippen molar-refractivity contribution in [3.8, 4) is 0 Å². The highest BCUT2D eigenvalue weighted by Gasteiger charge is 2.20. The largest absolute Gasteiger partial charge is 0.361 e. The Hall–Kier alpha value is -3.22. The molecule has 0 aliphatic carbocycles. The van der Waals surface area contributed by atoms with E-state index in [9.17, 15) is 4.79 Å². The van der Waals surface area contributed by atoms with E-state index in [1.54, 1.807) is 6.20 Å². The van der Waals surface area contributed by atoms with Crippen LogP contribution in [0, 0.1) is 6.92 Å². The monoisotopic (exact) mass is 348 g/mol. The molecule has 0 saturated heterocycles. The van der Waals surface area contributed by atoms with Gasteiger partial charge in [-0.15, -0.1) is 10.2 Å². The third-order valence-corrected chi connectivity index (χ3v) is 4.53. The number of nitrogens with one attached hydrogen (secondary N) is 1. The second-order valence-electron chi connectivity index (χ2n) is 6.35. The van der Waals surface area contributed by atoms with Crippen LogP contribution in [0.2, 0.25) is 0 Å². The number of aromatic nitrogens is 4. The SMILES string of the molecule is Cc1nnc2n1CCN(c1ccc(NC(=O)Cc3ccccc3)nc1)C2.